The Kier molecular flexibility index (Phi) is 4.58. The second-order valence-corrected chi connectivity index (χ2v) is 5.51. The zero-order valence-corrected chi connectivity index (χ0v) is 12.7. The molecule has 1 amide bonds. The van der Waals surface area contributed by atoms with Crippen LogP contribution < -0.4 is 5.73 Å². The summed E-state index contributed by atoms with van der Waals surface area (Å²) in [4.78, 5) is 18.5. The van der Waals surface area contributed by atoms with Crippen molar-refractivity contribution in [3.05, 3.63) is 59.3 Å². The van der Waals surface area contributed by atoms with Crippen LogP contribution in [0.5, 0.6) is 0 Å². The van der Waals surface area contributed by atoms with Gasteiger partial charge in [-0.05, 0) is 23.6 Å². The summed E-state index contributed by atoms with van der Waals surface area (Å²) in [7, 11) is 1.79. The quantitative estimate of drug-likeness (QED) is 0.938. The number of rotatable bonds is 4. The van der Waals surface area contributed by atoms with Crippen molar-refractivity contribution in [2.45, 2.75) is 26.3 Å². The van der Waals surface area contributed by atoms with Gasteiger partial charge in [-0.2, -0.15) is 0 Å². The maximum Gasteiger partial charge on any atom is 0.254 e. The highest BCUT2D eigenvalue weighted by Gasteiger charge is 2.15. The predicted octanol–water partition coefficient (Wildman–Crippen LogP) is 3.06. The molecule has 2 N–H and O–H groups in total. The predicted molar refractivity (Wildman–Crippen MR) is 85.0 cm³/mol. The number of nitrogens with two attached hydrogens (primary N) is 1. The van der Waals surface area contributed by atoms with Crippen molar-refractivity contribution in [3.8, 4) is 0 Å². The number of nitrogen functional groups attached to an aromatic ring is 1. The summed E-state index contributed by atoms with van der Waals surface area (Å²) in [5, 5.41) is 0. The summed E-state index contributed by atoms with van der Waals surface area (Å²) in [5.41, 5.74) is 8.33. The highest BCUT2D eigenvalue weighted by Crippen LogP contribution is 2.17. The molecule has 0 unspecified atom stereocenters. The number of carbonyl (C=O) groups excluding carboxylic acids is 1. The molecule has 1 aromatic carbocycles. The van der Waals surface area contributed by atoms with Crippen molar-refractivity contribution in [1.82, 2.24) is 9.88 Å². The van der Waals surface area contributed by atoms with Gasteiger partial charge in [-0.3, -0.25) is 4.79 Å². The Labute approximate surface area is 125 Å². The molecule has 0 aliphatic heterocycles. The molecule has 0 saturated carbocycles. The van der Waals surface area contributed by atoms with Crippen LogP contribution in [0.1, 0.15) is 41.4 Å². The summed E-state index contributed by atoms with van der Waals surface area (Å²) in [6.45, 7) is 4.63. The third-order valence-electron chi connectivity index (χ3n) is 3.31. The first-order chi connectivity index (χ1) is 9.97. The van der Waals surface area contributed by atoms with Crippen LogP contribution in [0.4, 0.5) is 5.82 Å². The topological polar surface area (TPSA) is 59.2 Å². The van der Waals surface area contributed by atoms with E-state index in [4.69, 9.17) is 5.73 Å². The number of aromatic nitrogens is 1. The smallest absolute Gasteiger partial charge is 0.254 e. The Morgan fingerprint density at radius 1 is 1.24 bits per heavy atom. The molecular formula is C17H21N3O. The van der Waals surface area contributed by atoms with Crippen molar-refractivity contribution in [2.75, 3.05) is 12.8 Å². The van der Waals surface area contributed by atoms with E-state index in [1.807, 2.05) is 50.2 Å². The molecule has 2 aromatic rings. The number of anilines is 1. The molecule has 0 radical (unpaired) electrons. The van der Waals surface area contributed by atoms with E-state index in [0.717, 1.165) is 11.3 Å². The SMILES string of the molecule is CC(C)c1cc(C(=O)N(C)Cc2ccccc2)cc(N)n1. The van der Waals surface area contributed by atoms with Gasteiger partial charge in [0.1, 0.15) is 5.82 Å². The van der Waals surface area contributed by atoms with Gasteiger partial charge in [0.2, 0.25) is 0 Å². The largest absolute Gasteiger partial charge is 0.384 e. The number of pyridine rings is 1. The Morgan fingerprint density at radius 2 is 1.90 bits per heavy atom. The molecule has 0 bridgehead atoms. The molecule has 0 saturated heterocycles. The van der Waals surface area contributed by atoms with Gasteiger partial charge < -0.3 is 10.6 Å². The Bertz CT molecular complexity index is 623. The van der Waals surface area contributed by atoms with Crippen molar-refractivity contribution < 1.29 is 4.79 Å². The van der Waals surface area contributed by atoms with E-state index in [0.29, 0.717) is 17.9 Å². The number of hydrogen-bond donors (Lipinski definition) is 1. The summed E-state index contributed by atoms with van der Waals surface area (Å²) in [6.07, 6.45) is 0. The van der Waals surface area contributed by atoms with Crippen molar-refractivity contribution in [3.63, 3.8) is 0 Å². The minimum atomic E-state index is -0.0464. The van der Waals surface area contributed by atoms with Crippen molar-refractivity contribution >= 4 is 11.7 Å². The average molecular weight is 283 g/mol. The lowest BCUT2D eigenvalue weighted by Crippen LogP contribution is -2.26. The highest BCUT2D eigenvalue weighted by molar-refractivity contribution is 5.94. The fourth-order valence-electron chi connectivity index (χ4n) is 2.14. The fourth-order valence-corrected chi connectivity index (χ4v) is 2.14. The van der Waals surface area contributed by atoms with Crippen LogP contribution in [0, 0.1) is 0 Å². The molecule has 1 aromatic heterocycles. The zero-order valence-electron chi connectivity index (χ0n) is 12.7. The lowest BCUT2D eigenvalue weighted by Gasteiger charge is -2.18. The average Bonchev–Trinajstić information content (AvgIpc) is 2.46. The first kappa shape index (κ1) is 15.0. The van der Waals surface area contributed by atoms with Gasteiger partial charge in [0.15, 0.2) is 0 Å². The van der Waals surface area contributed by atoms with Crippen LogP contribution >= 0.6 is 0 Å². The molecule has 21 heavy (non-hydrogen) atoms. The van der Waals surface area contributed by atoms with Crippen LogP contribution in [-0.2, 0) is 6.54 Å². The van der Waals surface area contributed by atoms with Gasteiger partial charge in [-0.25, -0.2) is 4.98 Å². The summed E-state index contributed by atoms with van der Waals surface area (Å²) >= 11 is 0. The molecule has 0 fully saturated rings. The van der Waals surface area contributed by atoms with Gasteiger partial charge in [0.05, 0.1) is 0 Å². The van der Waals surface area contributed by atoms with Crippen LogP contribution in [0.25, 0.3) is 0 Å². The first-order valence-corrected chi connectivity index (χ1v) is 7.04. The minimum Gasteiger partial charge on any atom is -0.384 e. The van der Waals surface area contributed by atoms with Gasteiger partial charge in [0.25, 0.3) is 5.91 Å². The van der Waals surface area contributed by atoms with E-state index in [2.05, 4.69) is 4.98 Å². The van der Waals surface area contributed by atoms with Crippen molar-refractivity contribution in [2.24, 2.45) is 0 Å². The summed E-state index contributed by atoms with van der Waals surface area (Å²) < 4.78 is 0. The molecule has 2 rings (SSSR count). The number of amides is 1. The van der Waals surface area contributed by atoms with E-state index in [-0.39, 0.29) is 11.8 Å². The van der Waals surface area contributed by atoms with E-state index in [9.17, 15) is 4.79 Å². The Morgan fingerprint density at radius 3 is 2.52 bits per heavy atom. The molecule has 0 spiro atoms. The summed E-state index contributed by atoms with van der Waals surface area (Å²) in [5.74, 6) is 0.576. The van der Waals surface area contributed by atoms with Crippen LogP contribution in [0.3, 0.4) is 0 Å². The van der Waals surface area contributed by atoms with Crippen LogP contribution in [-0.4, -0.2) is 22.8 Å². The zero-order chi connectivity index (χ0) is 15.4. The minimum absolute atomic E-state index is 0.0464. The molecular weight excluding hydrogens is 262 g/mol. The molecule has 4 heteroatoms. The van der Waals surface area contributed by atoms with Crippen molar-refractivity contribution in [1.29, 1.82) is 0 Å². The van der Waals surface area contributed by atoms with E-state index < -0.39 is 0 Å². The molecule has 4 nitrogen and oxygen atoms in total. The second kappa shape index (κ2) is 6.39. The van der Waals surface area contributed by atoms with E-state index >= 15 is 0 Å². The van der Waals surface area contributed by atoms with Gasteiger partial charge in [0, 0.05) is 24.8 Å². The van der Waals surface area contributed by atoms with E-state index in [1.54, 1.807) is 18.0 Å². The number of carbonyl (C=O) groups is 1. The standard InChI is InChI=1S/C17H21N3O/c1-12(2)15-9-14(10-16(18)19-15)17(21)20(3)11-13-7-5-4-6-8-13/h4-10,12H,11H2,1-3H3,(H2,18,19). The third kappa shape index (κ3) is 3.81. The van der Waals surface area contributed by atoms with E-state index in [1.165, 1.54) is 0 Å². The molecule has 1 heterocycles. The van der Waals surface area contributed by atoms with Crippen LogP contribution in [0.15, 0.2) is 42.5 Å². The first-order valence-electron chi connectivity index (χ1n) is 7.04. The van der Waals surface area contributed by atoms with Gasteiger partial charge in [-0.15, -0.1) is 0 Å². The second-order valence-electron chi connectivity index (χ2n) is 5.51. The Hall–Kier alpha value is -2.36. The maximum absolute atomic E-state index is 12.5. The van der Waals surface area contributed by atoms with Gasteiger partial charge in [-0.1, -0.05) is 44.2 Å². The lowest BCUT2D eigenvalue weighted by atomic mass is 10.1. The number of benzene rings is 1. The normalized spacial score (nSPS) is 10.7. The maximum atomic E-state index is 12.5. The highest BCUT2D eigenvalue weighted by atomic mass is 16.2. The van der Waals surface area contributed by atoms with Gasteiger partial charge >= 0.3 is 0 Å². The number of hydrogen-bond acceptors (Lipinski definition) is 3. The fraction of sp³-hybridized carbons (Fsp3) is 0.294. The molecule has 110 valence electrons. The third-order valence-corrected chi connectivity index (χ3v) is 3.31. The lowest BCUT2D eigenvalue weighted by molar-refractivity contribution is 0.0785. The number of nitrogens with zero attached hydrogens (tertiary/aromatic N) is 2. The Balaban J connectivity index is 2.19. The van der Waals surface area contributed by atoms with Crippen LogP contribution in [0.2, 0.25) is 0 Å². The molecule has 0 aliphatic carbocycles. The molecule has 0 aliphatic rings. The molecule has 0 atom stereocenters. The monoisotopic (exact) mass is 283 g/mol. The summed E-state index contributed by atoms with van der Waals surface area (Å²) in [6, 6.07) is 13.4.